The summed E-state index contributed by atoms with van der Waals surface area (Å²) < 4.78 is 38.2. The van der Waals surface area contributed by atoms with Gasteiger partial charge in [0.2, 0.25) is 10.0 Å². The minimum Gasteiger partial charge on any atom is -0.268 e. The smallest absolute Gasteiger partial charge is 0.243 e. The average molecular weight is 385 g/mol. The lowest BCUT2D eigenvalue weighted by atomic mass is 10.1. The second-order valence-corrected chi connectivity index (χ2v) is 7.95. The number of fused-ring (bicyclic) bond motifs is 1. The molecule has 2 aromatic heterocycles. The molecule has 4 rings (SSSR count). The molecule has 4 aromatic rings. The van der Waals surface area contributed by atoms with E-state index in [0.717, 1.165) is 22.9 Å². The molecule has 0 aliphatic heterocycles. The molecule has 9 heteroatoms. The second-order valence-electron chi connectivity index (χ2n) is 5.69. The second kappa shape index (κ2) is 6.94. The van der Waals surface area contributed by atoms with E-state index in [-0.39, 0.29) is 11.4 Å². The molecule has 1 N–H and O–H groups in total. The van der Waals surface area contributed by atoms with Crippen LogP contribution in [0.1, 0.15) is 11.1 Å². The molecule has 0 aliphatic carbocycles. The van der Waals surface area contributed by atoms with Crippen LogP contribution in [0.4, 0.5) is 0 Å². The van der Waals surface area contributed by atoms with E-state index < -0.39 is 10.0 Å². The number of benzene rings is 2. The average Bonchev–Trinajstić information content (AvgIpc) is 3.32. The summed E-state index contributed by atoms with van der Waals surface area (Å²) in [7, 11) is -3.70. The van der Waals surface area contributed by atoms with Gasteiger partial charge in [-0.1, -0.05) is 30.3 Å². The van der Waals surface area contributed by atoms with Crippen LogP contribution in [0.2, 0.25) is 0 Å². The lowest BCUT2D eigenvalue weighted by molar-refractivity contribution is 0.581. The standard InChI is InChI=1S/C17H15N5O2S2/c23-26(24,16-8-3-7-15-17(16)21-25-20-15)19-11-13-5-1-2-6-14(13)12-22-10-4-9-18-22/h1-10,19H,11-12H2. The summed E-state index contributed by atoms with van der Waals surface area (Å²) in [6, 6.07) is 14.5. The van der Waals surface area contributed by atoms with E-state index in [0.29, 0.717) is 17.6 Å². The van der Waals surface area contributed by atoms with Crippen molar-refractivity contribution < 1.29 is 8.42 Å². The summed E-state index contributed by atoms with van der Waals surface area (Å²) in [4.78, 5) is 0.147. The minimum atomic E-state index is -3.70. The van der Waals surface area contributed by atoms with Gasteiger partial charge in [0.15, 0.2) is 0 Å². The zero-order valence-corrected chi connectivity index (χ0v) is 15.2. The molecule has 0 unspecified atom stereocenters. The molecule has 0 saturated heterocycles. The van der Waals surface area contributed by atoms with Crippen LogP contribution >= 0.6 is 11.7 Å². The fourth-order valence-corrected chi connectivity index (χ4v) is 4.47. The summed E-state index contributed by atoms with van der Waals surface area (Å²) >= 11 is 1.00. The Kier molecular flexibility index (Phi) is 4.49. The predicted molar refractivity (Wildman–Crippen MR) is 99.2 cm³/mol. The first-order valence-electron chi connectivity index (χ1n) is 7.89. The summed E-state index contributed by atoms with van der Waals surface area (Å²) in [5.74, 6) is 0. The van der Waals surface area contributed by atoms with Gasteiger partial charge in [0.05, 0.1) is 18.3 Å². The van der Waals surface area contributed by atoms with Crippen LogP contribution in [0.3, 0.4) is 0 Å². The highest BCUT2D eigenvalue weighted by Crippen LogP contribution is 2.21. The van der Waals surface area contributed by atoms with Gasteiger partial charge in [0.25, 0.3) is 0 Å². The SMILES string of the molecule is O=S(=O)(NCc1ccccc1Cn1cccn1)c1cccc2nsnc12. The molecule has 0 radical (unpaired) electrons. The summed E-state index contributed by atoms with van der Waals surface area (Å²) in [6.07, 6.45) is 3.59. The first kappa shape index (κ1) is 16.8. The van der Waals surface area contributed by atoms with E-state index in [2.05, 4.69) is 18.6 Å². The van der Waals surface area contributed by atoms with Gasteiger partial charge in [-0.25, -0.2) is 13.1 Å². The van der Waals surface area contributed by atoms with E-state index >= 15 is 0 Å². The van der Waals surface area contributed by atoms with Crippen molar-refractivity contribution in [2.24, 2.45) is 0 Å². The summed E-state index contributed by atoms with van der Waals surface area (Å²) in [5, 5.41) is 4.20. The topological polar surface area (TPSA) is 89.8 Å². The fraction of sp³-hybridized carbons (Fsp3) is 0.118. The Morgan fingerprint density at radius 2 is 1.85 bits per heavy atom. The molecular formula is C17H15N5O2S2. The summed E-state index contributed by atoms with van der Waals surface area (Å²) in [5.41, 5.74) is 2.88. The molecule has 0 bridgehead atoms. The van der Waals surface area contributed by atoms with Crippen LogP contribution in [-0.2, 0) is 23.1 Å². The molecule has 2 aromatic carbocycles. The quantitative estimate of drug-likeness (QED) is 0.550. The van der Waals surface area contributed by atoms with Crippen molar-refractivity contribution in [3.05, 3.63) is 72.1 Å². The van der Waals surface area contributed by atoms with Gasteiger partial charge in [0, 0.05) is 18.9 Å². The molecule has 0 amide bonds. The van der Waals surface area contributed by atoms with Crippen LogP contribution < -0.4 is 4.72 Å². The van der Waals surface area contributed by atoms with E-state index in [1.165, 1.54) is 0 Å². The van der Waals surface area contributed by atoms with Gasteiger partial charge in [-0.05, 0) is 29.3 Å². The highest BCUT2D eigenvalue weighted by atomic mass is 32.2. The maximum absolute atomic E-state index is 12.8. The Labute approximate surface area is 154 Å². The Morgan fingerprint density at radius 1 is 1.00 bits per heavy atom. The Bertz CT molecular complexity index is 1140. The maximum atomic E-state index is 12.8. The van der Waals surface area contributed by atoms with E-state index in [1.807, 2.05) is 36.5 Å². The lowest BCUT2D eigenvalue weighted by Crippen LogP contribution is -2.24. The molecule has 0 atom stereocenters. The number of nitrogens with zero attached hydrogens (tertiary/aromatic N) is 4. The van der Waals surface area contributed by atoms with Crippen molar-refractivity contribution in [3.8, 4) is 0 Å². The molecular weight excluding hydrogens is 370 g/mol. The third-order valence-corrected chi connectivity index (χ3v) is 5.98. The monoisotopic (exact) mass is 385 g/mol. The Balaban J connectivity index is 1.58. The van der Waals surface area contributed by atoms with Crippen LogP contribution in [0.5, 0.6) is 0 Å². The number of hydrogen-bond acceptors (Lipinski definition) is 6. The largest absolute Gasteiger partial charge is 0.268 e. The van der Waals surface area contributed by atoms with E-state index in [9.17, 15) is 8.42 Å². The van der Waals surface area contributed by atoms with Crippen molar-refractivity contribution in [2.45, 2.75) is 18.0 Å². The molecule has 0 saturated carbocycles. The summed E-state index contributed by atoms with van der Waals surface area (Å²) in [6.45, 7) is 0.768. The van der Waals surface area contributed by atoms with Crippen molar-refractivity contribution in [3.63, 3.8) is 0 Å². The van der Waals surface area contributed by atoms with Gasteiger partial charge >= 0.3 is 0 Å². The van der Waals surface area contributed by atoms with Crippen molar-refractivity contribution in [2.75, 3.05) is 0 Å². The fourth-order valence-electron chi connectivity index (χ4n) is 2.70. The van der Waals surface area contributed by atoms with Crippen molar-refractivity contribution in [1.82, 2.24) is 23.2 Å². The molecule has 26 heavy (non-hydrogen) atoms. The normalized spacial score (nSPS) is 11.8. The number of hydrogen-bond donors (Lipinski definition) is 1. The van der Waals surface area contributed by atoms with Gasteiger partial charge < -0.3 is 0 Å². The van der Waals surface area contributed by atoms with E-state index in [4.69, 9.17) is 0 Å². The molecule has 0 spiro atoms. The number of rotatable bonds is 6. The van der Waals surface area contributed by atoms with Gasteiger partial charge in [0.1, 0.15) is 15.9 Å². The maximum Gasteiger partial charge on any atom is 0.243 e. The van der Waals surface area contributed by atoms with Crippen LogP contribution in [-0.4, -0.2) is 26.9 Å². The number of sulfonamides is 1. The zero-order valence-electron chi connectivity index (χ0n) is 13.6. The molecule has 7 nitrogen and oxygen atoms in total. The number of nitrogens with one attached hydrogen (secondary N) is 1. The number of aromatic nitrogens is 4. The van der Waals surface area contributed by atoms with Gasteiger partial charge in [-0.15, -0.1) is 0 Å². The predicted octanol–water partition coefficient (Wildman–Crippen LogP) is 2.41. The highest BCUT2D eigenvalue weighted by Gasteiger charge is 2.19. The molecule has 0 fully saturated rings. The first-order valence-corrected chi connectivity index (χ1v) is 10.1. The first-order chi connectivity index (χ1) is 12.6. The third-order valence-electron chi connectivity index (χ3n) is 4.00. The van der Waals surface area contributed by atoms with Gasteiger partial charge in [-0.2, -0.15) is 13.8 Å². The van der Waals surface area contributed by atoms with Crippen LogP contribution in [0, 0.1) is 0 Å². The molecule has 2 heterocycles. The zero-order chi connectivity index (χ0) is 18.0. The Hall–Kier alpha value is -2.62. The van der Waals surface area contributed by atoms with Gasteiger partial charge in [-0.3, -0.25) is 4.68 Å². The van der Waals surface area contributed by atoms with E-state index in [1.54, 1.807) is 29.1 Å². The van der Waals surface area contributed by atoms with Crippen molar-refractivity contribution in [1.29, 1.82) is 0 Å². The molecule has 0 aliphatic rings. The van der Waals surface area contributed by atoms with Crippen LogP contribution in [0.15, 0.2) is 65.8 Å². The lowest BCUT2D eigenvalue weighted by Gasteiger charge is -2.11. The Morgan fingerprint density at radius 3 is 2.65 bits per heavy atom. The highest BCUT2D eigenvalue weighted by molar-refractivity contribution is 7.89. The van der Waals surface area contributed by atoms with Crippen molar-refractivity contribution >= 4 is 32.8 Å². The minimum absolute atomic E-state index is 0.147. The third kappa shape index (κ3) is 3.36. The van der Waals surface area contributed by atoms with Crippen LogP contribution in [0.25, 0.3) is 11.0 Å². The molecule has 132 valence electrons.